The third-order valence-corrected chi connectivity index (χ3v) is 6.18. The summed E-state index contributed by atoms with van der Waals surface area (Å²) < 4.78 is 0. The fourth-order valence-corrected chi connectivity index (χ4v) is 4.81. The lowest BCUT2D eigenvalue weighted by Gasteiger charge is -2.37. The van der Waals surface area contributed by atoms with Crippen LogP contribution in [0.3, 0.4) is 0 Å². The van der Waals surface area contributed by atoms with E-state index in [1.807, 2.05) is 34.6 Å². The zero-order valence-electron chi connectivity index (χ0n) is 18.1. The molecular formula is C23H33NO3S. The van der Waals surface area contributed by atoms with Crippen LogP contribution in [0, 0.1) is 35.0 Å². The van der Waals surface area contributed by atoms with E-state index >= 15 is 0 Å². The summed E-state index contributed by atoms with van der Waals surface area (Å²) in [5, 5.41) is 11.7. The number of thiophene rings is 1. The molecule has 4 nitrogen and oxygen atoms in total. The molecule has 1 saturated carbocycles. The second-order valence-corrected chi connectivity index (χ2v) is 10.3. The zero-order chi connectivity index (χ0) is 21.2. The quantitative estimate of drug-likeness (QED) is 0.660. The largest absolute Gasteiger partial charge is 0.478 e. The summed E-state index contributed by atoms with van der Waals surface area (Å²) in [6, 6.07) is -0.116. The summed E-state index contributed by atoms with van der Waals surface area (Å²) >= 11 is 1.31. The molecule has 1 N–H and O–H groups in total. The molecule has 1 heterocycles. The lowest BCUT2D eigenvalue weighted by atomic mass is 9.75. The third-order valence-electron chi connectivity index (χ3n) is 5.30. The van der Waals surface area contributed by atoms with Gasteiger partial charge in [0, 0.05) is 22.8 Å². The molecule has 28 heavy (non-hydrogen) atoms. The first-order chi connectivity index (χ1) is 12.9. The maximum Gasteiger partial charge on any atom is 0.339 e. The van der Waals surface area contributed by atoms with E-state index in [1.54, 1.807) is 10.3 Å². The van der Waals surface area contributed by atoms with Gasteiger partial charge in [0.05, 0.1) is 10.6 Å². The molecule has 1 aromatic heterocycles. The summed E-state index contributed by atoms with van der Waals surface area (Å²) in [5.74, 6) is 6.06. The number of nitrogens with zero attached hydrogens (tertiary/aromatic N) is 1. The van der Waals surface area contributed by atoms with Gasteiger partial charge in [-0.05, 0) is 65.7 Å². The number of anilines is 1. The van der Waals surface area contributed by atoms with Gasteiger partial charge in [0.25, 0.3) is 0 Å². The monoisotopic (exact) mass is 403 g/mol. The van der Waals surface area contributed by atoms with Crippen LogP contribution in [0.2, 0.25) is 0 Å². The second kappa shape index (κ2) is 8.69. The molecule has 0 radical (unpaired) electrons. The Kier molecular flexibility index (Phi) is 6.98. The Morgan fingerprint density at radius 1 is 1.25 bits per heavy atom. The van der Waals surface area contributed by atoms with Gasteiger partial charge in [0.1, 0.15) is 5.56 Å². The number of rotatable bonds is 4. The zero-order valence-corrected chi connectivity index (χ0v) is 18.9. The van der Waals surface area contributed by atoms with Crippen molar-refractivity contribution in [1.82, 2.24) is 0 Å². The summed E-state index contributed by atoms with van der Waals surface area (Å²) in [5.41, 5.74) is 0.420. The van der Waals surface area contributed by atoms with Gasteiger partial charge in [-0.3, -0.25) is 4.79 Å². The van der Waals surface area contributed by atoms with Gasteiger partial charge in [0.15, 0.2) is 0 Å². The molecule has 1 aromatic rings. The highest BCUT2D eigenvalue weighted by Crippen LogP contribution is 2.38. The van der Waals surface area contributed by atoms with Crippen LogP contribution >= 0.6 is 11.3 Å². The van der Waals surface area contributed by atoms with E-state index in [4.69, 9.17) is 0 Å². The van der Waals surface area contributed by atoms with E-state index in [1.165, 1.54) is 11.3 Å². The van der Waals surface area contributed by atoms with Crippen molar-refractivity contribution in [3.8, 4) is 11.8 Å². The topological polar surface area (TPSA) is 57.6 Å². The van der Waals surface area contributed by atoms with Crippen molar-refractivity contribution in [2.24, 2.45) is 23.2 Å². The molecule has 154 valence electrons. The molecule has 0 saturated heterocycles. The number of amides is 1. The van der Waals surface area contributed by atoms with E-state index in [2.05, 4.69) is 25.7 Å². The number of carboxylic acids is 1. The highest BCUT2D eigenvalue weighted by atomic mass is 32.1. The smallest absolute Gasteiger partial charge is 0.339 e. The molecule has 0 bridgehead atoms. The Balaban J connectivity index is 2.46. The van der Waals surface area contributed by atoms with E-state index in [0.29, 0.717) is 22.4 Å². The minimum atomic E-state index is -1.03. The van der Waals surface area contributed by atoms with Crippen LogP contribution in [-0.2, 0) is 4.79 Å². The minimum Gasteiger partial charge on any atom is -0.478 e. The normalized spacial score (nSPS) is 22.5. The Morgan fingerprint density at radius 2 is 1.89 bits per heavy atom. The Labute approximate surface area is 173 Å². The minimum absolute atomic E-state index is 0.0463. The summed E-state index contributed by atoms with van der Waals surface area (Å²) in [4.78, 5) is 27.7. The molecule has 3 atom stereocenters. The first-order valence-corrected chi connectivity index (χ1v) is 11.0. The molecule has 5 heteroatoms. The Bertz CT molecular complexity index is 791. The standard InChI is InChI=1S/C23H33NO3S/c1-14(2)24(21(25)17-9-8-15(3)12-16(17)4)18-13-28-19(20(18)22(26)27)10-11-23(5,6)7/h13-17H,8-9,12H2,1-7H3,(H,26,27)/t15-,16-,17-/m1/s1. The maximum absolute atomic E-state index is 13.5. The number of carboxylic acid groups (broad SMARTS) is 1. The maximum atomic E-state index is 13.5. The molecule has 0 spiro atoms. The van der Waals surface area contributed by atoms with E-state index in [0.717, 1.165) is 19.3 Å². The molecule has 1 fully saturated rings. The summed E-state index contributed by atoms with van der Waals surface area (Å²) in [6.45, 7) is 14.2. The van der Waals surface area contributed by atoms with Crippen LogP contribution in [-0.4, -0.2) is 23.0 Å². The van der Waals surface area contributed by atoms with Crippen LogP contribution in [0.15, 0.2) is 5.38 Å². The second-order valence-electron chi connectivity index (χ2n) is 9.43. The third kappa shape index (κ3) is 5.17. The van der Waals surface area contributed by atoms with E-state index in [9.17, 15) is 14.7 Å². The van der Waals surface area contributed by atoms with Gasteiger partial charge in [-0.25, -0.2) is 4.79 Å². The van der Waals surface area contributed by atoms with Crippen LogP contribution in [0.4, 0.5) is 5.69 Å². The van der Waals surface area contributed by atoms with Gasteiger partial charge < -0.3 is 10.0 Å². The first kappa shape index (κ1) is 22.5. The van der Waals surface area contributed by atoms with Crippen molar-refractivity contribution in [1.29, 1.82) is 0 Å². The Morgan fingerprint density at radius 3 is 2.39 bits per heavy atom. The van der Waals surface area contributed by atoms with Crippen molar-refractivity contribution in [2.75, 3.05) is 4.90 Å². The lowest BCUT2D eigenvalue weighted by Crippen LogP contribution is -2.44. The fraction of sp³-hybridized carbons (Fsp3) is 0.652. The van der Waals surface area contributed by atoms with E-state index in [-0.39, 0.29) is 28.8 Å². The van der Waals surface area contributed by atoms with Crippen molar-refractivity contribution in [3.63, 3.8) is 0 Å². The average Bonchev–Trinajstić information content (AvgIpc) is 2.95. The summed E-state index contributed by atoms with van der Waals surface area (Å²) in [7, 11) is 0. The highest BCUT2D eigenvalue weighted by molar-refractivity contribution is 7.11. The van der Waals surface area contributed by atoms with Gasteiger partial charge in [-0.1, -0.05) is 25.7 Å². The molecule has 0 unspecified atom stereocenters. The SMILES string of the molecule is CC(C)N(C(=O)[C@@H]1CC[C@@H](C)C[C@H]1C)c1csc(C#CC(C)(C)C)c1C(=O)O. The Hall–Kier alpha value is -1.80. The lowest BCUT2D eigenvalue weighted by molar-refractivity contribution is -0.125. The van der Waals surface area contributed by atoms with Crippen LogP contribution < -0.4 is 4.90 Å². The highest BCUT2D eigenvalue weighted by Gasteiger charge is 2.37. The van der Waals surface area contributed by atoms with Gasteiger partial charge in [-0.2, -0.15) is 0 Å². The molecule has 1 aliphatic rings. The van der Waals surface area contributed by atoms with Gasteiger partial charge in [-0.15, -0.1) is 11.3 Å². The van der Waals surface area contributed by atoms with Crippen molar-refractivity contribution < 1.29 is 14.7 Å². The predicted molar refractivity (Wildman–Crippen MR) is 116 cm³/mol. The number of hydrogen-bond donors (Lipinski definition) is 1. The molecular weight excluding hydrogens is 370 g/mol. The van der Waals surface area contributed by atoms with Crippen molar-refractivity contribution in [2.45, 2.75) is 73.8 Å². The van der Waals surface area contributed by atoms with Crippen molar-refractivity contribution in [3.05, 3.63) is 15.8 Å². The van der Waals surface area contributed by atoms with Gasteiger partial charge >= 0.3 is 5.97 Å². The number of aromatic carboxylic acids is 1. The molecule has 0 aromatic carbocycles. The molecule has 1 amide bonds. The fourth-order valence-electron chi connectivity index (χ4n) is 3.93. The molecule has 2 rings (SSSR count). The van der Waals surface area contributed by atoms with E-state index < -0.39 is 5.97 Å². The predicted octanol–water partition coefficient (Wildman–Crippen LogP) is 5.66. The van der Waals surface area contributed by atoms with Crippen LogP contribution in [0.25, 0.3) is 0 Å². The number of carbonyl (C=O) groups excluding carboxylic acids is 1. The first-order valence-electron chi connectivity index (χ1n) is 10.1. The summed E-state index contributed by atoms with van der Waals surface area (Å²) in [6.07, 6.45) is 2.96. The average molecular weight is 404 g/mol. The van der Waals surface area contributed by atoms with Gasteiger partial charge in [0.2, 0.25) is 5.91 Å². The molecule has 1 aliphatic carbocycles. The number of carbonyl (C=O) groups is 2. The van der Waals surface area contributed by atoms with Crippen molar-refractivity contribution >= 4 is 28.9 Å². The molecule has 0 aliphatic heterocycles. The number of hydrogen-bond acceptors (Lipinski definition) is 3. The van der Waals surface area contributed by atoms with Crippen LogP contribution in [0.1, 0.15) is 83.0 Å². The van der Waals surface area contributed by atoms with Crippen LogP contribution in [0.5, 0.6) is 0 Å².